The lowest BCUT2D eigenvalue weighted by atomic mass is 10.1. The Hall–Kier alpha value is -2.09. The van der Waals surface area contributed by atoms with Crippen LogP contribution in [-0.2, 0) is 14.8 Å². The number of carbonyl (C=O) groups is 1. The molecule has 0 radical (unpaired) electrons. The first-order chi connectivity index (χ1) is 13.6. The number of sulfonamides is 1. The highest BCUT2D eigenvalue weighted by atomic mass is 35.5. The molecule has 2 rings (SSSR count). The molecule has 0 aliphatic rings. The fraction of sp³-hybridized carbons (Fsp3) is 0.381. The molecule has 0 bridgehead atoms. The third-order valence-electron chi connectivity index (χ3n) is 4.24. The van der Waals surface area contributed by atoms with Crippen LogP contribution in [0.25, 0.3) is 0 Å². The summed E-state index contributed by atoms with van der Waals surface area (Å²) in [6.07, 6.45) is 0. The zero-order chi connectivity index (χ0) is 21.6. The Morgan fingerprint density at radius 1 is 1.10 bits per heavy atom. The highest BCUT2D eigenvalue weighted by molar-refractivity contribution is 7.89. The summed E-state index contributed by atoms with van der Waals surface area (Å²) < 4.78 is 32.8. The van der Waals surface area contributed by atoms with Crippen LogP contribution in [0.4, 0.5) is 0 Å². The lowest BCUT2D eigenvalue weighted by Gasteiger charge is -2.16. The highest BCUT2D eigenvalue weighted by Crippen LogP contribution is 2.22. The minimum absolute atomic E-state index is 0.170. The van der Waals surface area contributed by atoms with Crippen LogP contribution in [0.2, 0.25) is 5.02 Å². The van der Waals surface area contributed by atoms with Gasteiger partial charge in [0.2, 0.25) is 10.0 Å². The predicted molar refractivity (Wildman–Crippen MR) is 115 cm³/mol. The van der Waals surface area contributed by atoms with Gasteiger partial charge in [-0.2, -0.15) is 0 Å². The zero-order valence-electron chi connectivity index (χ0n) is 17.0. The van der Waals surface area contributed by atoms with Crippen LogP contribution in [0, 0.1) is 12.8 Å². The van der Waals surface area contributed by atoms with E-state index in [4.69, 9.17) is 16.3 Å². The molecular formula is C21H27ClN2O4S. The molecule has 0 aliphatic heterocycles. The van der Waals surface area contributed by atoms with Gasteiger partial charge in [0.25, 0.3) is 5.91 Å². The van der Waals surface area contributed by atoms with Gasteiger partial charge in [0.1, 0.15) is 5.75 Å². The summed E-state index contributed by atoms with van der Waals surface area (Å²) >= 11 is 5.88. The van der Waals surface area contributed by atoms with E-state index in [1.165, 1.54) is 12.1 Å². The summed E-state index contributed by atoms with van der Waals surface area (Å²) in [5, 5.41) is 3.49. The van der Waals surface area contributed by atoms with E-state index < -0.39 is 10.0 Å². The molecule has 8 heteroatoms. The number of amides is 1. The summed E-state index contributed by atoms with van der Waals surface area (Å²) in [5.74, 6) is 0.395. The van der Waals surface area contributed by atoms with Crippen molar-refractivity contribution in [1.29, 1.82) is 0 Å². The fourth-order valence-corrected chi connectivity index (χ4v) is 4.00. The van der Waals surface area contributed by atoms with Crippen molar-refractivity contribution in [1.82, 2.24) is 10.0 Å². The Morgan fingerprint density at radius 3 is 2.34 bits per heavy atom. The second-order valence-corrected chi connectivity index (χ2v) is 9.51. The van der Waals surface area contributed by atoms with Crippen molar-refractivity contribution in [3.8, 4) is 5.75 Å². The van der Waals surface area contributed by atoms with Crippen LogP contribution in [0.3, 0.4) is 0 Å². The molecule has 1 atom stereocenters. The predicted octanol–water partition coefficient (Wildman–Crippen LogP) is 3.84. The van der Waals surface area contributed by atoms with Crippen molar-refractivity contribution in [2.45, 2.75) is 38.6 Å². The number of nitrogens with one attached hydrogen (secondary N) is 2. The summed E-state index contributed by atoms with van der Waals surface area (Å²) in [7, 11) is -3.57. The zero-order valence-corrected chi connectivity index (χ0v) is 18.6. The third-order valence-corrected chi connectivity index (χ3v) is 5.92. The quantitative estimate of drug-likeness (QED) is 0.623. The van der Waals surface area contributed by atoms with Crippen LogP contribution in [0.15, 0.2) is 47.4 Å². The molecule has 2 aromatic rings. The van der Waals surface area contributed by atoms with Crippen molar-refractivity contribution in [3.63, 3.8) is 0 Å². The van der Waals surface area contributed by atoms with Crippen LogP contribution >= 0.6 is 11.6 Å². The molecule has 0 spiro atoms. The minimum atomic E-state index is -3.57. The van der Waals surface area contributed by atoms with E-state index in [1.54, 1.807) is 25.1 Å². The van der Waals surface area contributed by atoms with Crippen molar-refractivity contribution < 1.29 is 17.9 Å². The van der Waals surface area contributed by atoms with Crippen molar-refractivity contribution in [2.75, 3.05) is 13.2 Å². The maximum Gasteiger partial charge on any atom is 0.258 e. The Kier molecular flexibility index (Phi) is 8.07. The van der Waals surface area contributed by atoms with Gasteiger partial charge in [0.15, 0.2) is 6.61 Å². The molecule has 0 fully saturated rings. The topological polar surface area (TPSA) is 84.5 Å². The molecule has 29 heavy (non-hydrogen) atoms. The molecule has 0 aliphatic carbocycles. The normalized spacial score (nSPS) is 12.6. The fourth-order valence-electron chi connectivity index (χ4n) is 2.57. The average Bonchev–Trinajstić information content (AvgIpc) is 2.66. The molecule has 0 aromatic heterocycles. The van der Waals surface area contributed by atoms with Crippen molar-refractivity contribution >= 4 is 27.5 Å². The third kappa shape index (κ3) is 7.03. The summed E-state index contributed by atoms with van der Waals surface area (Å²) in [6.45, 7) is 7.68. The first kappa shape index (κ1) is 23.2. The standard InChI is InChI=1S/C21H27ClN2O4S/c1-14(2)12-23-29(26,27)19-9-10-20(15(3)11-19)28-13-21(25)24-16(4)17-5-7-18(22)8-6-17/h5-11,14,16,23H,12-13H2,1-4H3,(H,24,25)/t16-/m0/s1. The number of hydrogen-bond acceptors (Lipinski definition) is 4. The van der Waals surface area contributed by atoms with E-state index in [1.807, 2.05) is 32.9 Å². The highest BCUT2D eigenvalue weighted by Gasteiger charge is 2.16. The number of carbonyl (C=O) groups excluding carboxylic acids is 1. The number of hydrogen-bond donors (Lipinski definition) is 2. The maximum atomic E-state index is 12.3. The van der Waals surface area contributed by atoms with Gasteiger partial charge in [0.05, 0.1) is 10.9 Å². The Balaban J connectivity index is 1.95. The van der Waals surface area contributed by atoms with Gasteiger partial charge in [-0.25, -0.2) is 13.1 Å². The number of aryl methyl sites for hydroxylation is 1. The molecule has 0 saturated carbocycles. The summed E-state index contributed by atoms with van der Waals surface area (Å²) in [6, 6.07) is 11.6. The number of halogens is 1. The first-order valence-electron chi connectivity index (χ1n) is 9.36. The van der Waals surface area contributed by atoms with Gasteiger partial charge in [-0.15, -0.1) is 0 Å². The first-order valence-corrected chi connectivity index (χ1v) is 11.2. The van der Waals surface area contributed by atoms with Gasteiger partial charge < -0.3 is 10.1 Å². The van der Waals surface area contributed by atoms with Crippen LogP contribution < -0.4 is 14.8 Å². The van der Waals surface area contributed by atoms with Crippen molar-refractivity contribution in [3.05, 3.63) is 58.6 Å². The molecule has 158 valence electrons. The van der Waals surface area contributed by atoms with Gasteiger partial charge in [-0.1, -0.05) is 37.6 Å². The molecule has 0 unspecified atom stereocenters. The average molecular weight is 439 g/mol. The Morgan fingerprint density at radius 2 is 1.76 bits per heavy atom. The SMILES string of the molecule is Cc1cc(S(=O)(=O)NCC(C)C)ccc1OCC(=O)N[C@@H](C)c1ccc(Cl)cc1. The lowest BCUT2D eigenvalue weighted by Crippen LogP contribution is -2.31. The molecule has 0 heterocycles. The Labute approximate surface area is 177 Å². The van der Waals surface area contributed by atoms with Gasteiger partial charge in [-0.05, 0) is 61.2 Å². The van der Waals surface area contributed by atoms with Crippen LogP contribution in [0.1, 0.15) is 37.9 Å². The molecule has 1 amide bonds. The van der Waals surface area contributed by atoms with Gasteiger partial charge in [0, 0.05) is 11.6 Å². The van der Waals surface area contributed by atoms with E-state index in [9.17, 15) is 13.2 Å². The van der Waals surface area contributed by atoms with E-state index >= 15 is 0 Å². The number of rotatable bonds is 9. The molecule has 6 nitrogen and oxygen atoms in total. The Bertz CT molecular complexity index is 944. The second kappa shape index (κ2) is 10.1. The van der Waals surface area contributed by atoms with E-state index in [2.05, 4.69) is 10.0 Å². The molecule has 2 N–H and O–H groups in total. The van der Waals surface area contributed by atoms with E-state index in [-0.39, 0.29) is 29.4 Å². The van der Waals surface area contributed by atoms with Crippen LogP contribution in [-0.4, -0.2) is 27.5 Å². The number of ether oxygens (including phenoxy) is 1. The largest absolute Gasteiger partial charge is 0.484 e. The lowest BCUT2D eigenvalue weighted by molar-refractivity contribution is -0.123. The number of benzene rings is 2. The van der Waals surface area contributed by atoms with Crippen LogP contribution in [0.5, 0.6) is 5.75 Å². The maximum absolute atomic E-state index is 12.3. The monoisotopic (exact) mass is 438 g/mol. The summed E-state index contributed by atoms with van der Waals surface area (Å²) in [4.78, 5) is 12.4. The molecule has 0 saturated heterocycles. The van der Waals surface area contributed by atoms with Crippen molar-refractivity contribution in [2.24, 2.45) is 5.92 Å². The smallest absolute Gasteiger partial charge is 0.258 e. The summed E-state index contributed by atoms with van der Waals surface area (Å²) in [5.41, 5.74) is 1.57. The minimum Gasteiger partial charge on any atom is -0.484 e. The van der Waals surface area contributed by atoms with E-state index in [0.717, 1.165) is 5.56 Å². The van der Waals surface area contributed by atoms with Gasteiger partial charge in [-0.3, -0.25) is 4.79 Å². The van der Waals surface area contributed by atoms with Gasteiger partial charge >= 0.3 is 0 Å². The van der Waals surface area contributed by atoms with E-state index in [0.29, 0.717) is 22.9 Å². The second-order valence-electron chi connectivity index (χ2n) is 7.30. The molecular weight excluding hydrogens is 412 g/mol. The molecule has 2 aromatic carbocycles.